The lowest BCUT2D eigenvalue weighted by molar-refractivity contribution is -0.153. The summed E-state index contributed by atoms with van der Waals surface area (Å²) in [5.74, 6) is -1.29. The smallest absolute Gasteiger partial charge is 0.327 e. The second kappa shape index (κ2) is 5.57. The molecule has 2 heterocycles. The van der Waals surface area contributed by atoms with E-state index in [1.54, 1.807) is 12.1 Å². The van der Waals surface area contributed by atoms with Crippen molar-refractivity contribution in [1.82, 2.24) is 4.90 Å². The quantitative estimate of drug-likeness (QED) is 0.771. The number of imide groups is 1. The van der Waals surface area contributed by atoms with Crippen molar-refractivity contribution in [2.24, 2.45) is 22.2 Å². The first-order chi connectivity index (χ1) is 13.9. The predicted molar refractivity (Wildman–Crippen MR) is 105 cm³/mol. The van der Waals surface area contributed by atoms with Gasteiger partial charge in [-0.15, -0.1) is 0 Å². The molecule has 0 aromatic heterocycles. The number of aliphatic imine (C=N–C) groups is 1. The van der Waals surface area contributed by atoms with Gasteiger partial charge < -0.3 is 5.11 Å². The molecular weight excluding hydrogens is 392 g/mol. The highest BCUT2D eigenvalue weighted by atomic mass is 35.5. The molecule has 3 aliphatic carbocycles. The van der Waals surface area contributed by atoms with Crippen LogP contribution in [0.5, 0.6) is 0 Å². The van der Waals surface area contributed by atoms with Gasteiger partial charge in [0, 0.05) is 40.1 Å². The SMILES string of the molecule is O=C(O)[C@@H](CC1=Nc2ccc(Cl)cc2C1)N1C(=O)C2=C(C1=O)C13CC[C@@H]1CC[C@@H]23. The fraction of sp³-hybridized carbons (Fsp3) is 0.455. The molecule has 4 atom stereocenters. The molecule has 0 saturated heterocycles. The first kappa shape index (κ1) is 17.4. The van der Waals surface area contributed by atoms with E-state index in [-0.39, 0.29) is 29.6 Å². The zero-order valence-corrected chi connectivity index (χ0v) is 16.4. The molecule has 1 aromatic carbocycles. The van der Waals surface area contributed by atoms with Gasteiger partial charge in [0.15, 0.2) is 0 Å². The fourth-order valence-corrected chi connectivity index (χ4v) is 6.65. The number of hydrogen-bond donors (Lipinski definition) is 1. The number of fused-ring (bicyclic) bond motifs is 2. The Hall–Kier alpha value is -2.47. The molecule has 2 fully saturated rings. The monoisotopic (exact) mass is 410 g/mol. The van der Waals surface area contributed by atoms with E-state index in [9.17, 15) is 19.5 Å². The van der Waals surface area contributed by atoms with E-state index < -0.39 is 12.0 Å². The van der Waals surface area contributed by atoms with Crippen molar-refractivity contribution in [3.05, 3.63) is 39.9 Å². The third-order valence-electron chi connectivity index (χ3n) is 7.77. The Labute approximate surface area is 172 Å². The fourth-order valence-electron chi connectivity index (χ4n) is 6.46. The molecule has 6 rings (SSSR count). The van der Waals surface area contributed by atoms with Crippen LogP contribution in [0.3, 0.4) is 0 Å². The Bertz CT molecular complexity index is 1090. The normalized spacial score (nSPS) is 32.2. The molecule has 1 N–H and O–H groups in total. The Morgan fingerprint density at radius 3 is 2.83 bits per heavy atom. The van der Waals surface area contributed by atoms with Gasteiger partial charge in [-0.2, -0.15) is 0 Å². The number of amides is 2. The van der Waals surface area contributed by atoms with Gasteiger partial charge in [-0.1, -0.05) is 11.6 Å². The maximum absolute atomic E-state index is 13.2. The molecule has 29 heavy (non-hydrogen) atoms. The Morgan fingerprint density at radius 2 is 2.10 bits per heavy atom. The molecule has 1 aromatic rings. The van der Waals surface area contributed by atoms with Crippen molar-refractivity contribution in [2.45, 2.75) is 44.6 Å². The maximum Gasteiger partial charge on any atom is 0.327 e. The summed E-state index contributed by atoms with van der Waals surface area (Å²) in [5.41, 5.74) is 3.47. The van der Waals surface area contributed by atoms with E-state index >= 15 is 0 Å². The number of benzene rings is 1. The van der Waals surface area contributed by atoms with Crippen LogP contribution in [0.15, 0.2) is 34.3 Å². The number of likely N-dealkylation sites (tertiary alicyclic amines) is 1. The van der Waals surface area contributed by atoms with E-state index in [1.165, 1.54) is 0 Å². The molecular formula is C22H19ClN2O4. The number of nitrogens with zero attached hydrogens (tertiary/aromatic N) is 2. The van der Waals surface area contributed by atoms with Gasteiger partial charge in [-0.3, -0.25) is 19.5 Å². The van der Waals surface area contributed by atoms with Gasteiger partial charge in [-0.05, 0) is 61.3 Å². The summed E-state index contributed by atoms with van der Waals surface area (Å²) in [4.78, 5) is 43.9. The molecule has 2 saturated carbocycles. The molecule has 0 radical (unpaired) electrons. The minimum atomic E-state index is -1.22. The van der Waals surface area contributed by atoms with Gasteiger partial charge >= 0.3 is 5.97 Å². The molecule has 148 valence electrons. The number of carboxylic acids is 1. The van der Waals surface area contributed by atoms with Crippen LogP contribution >= 0.6 is 11.6 Å². The average Bonchev–Trinajstić information content (AvgIpc) is 3.18. The molecule has 1 unspecified atom stereocenters. The molecule has 7 heteroatoms. The number of carboxylic acid groups (broad SMARTS) is 1. The standard InChI is InChI=1S/C22H19ClN2O4/c23-12-2-4-15-10(7-12)8-13(24-15)9-16(21(28)29)25-19(26)17-14-3-1-11-5-6-22(11,14)18(17)20(25)27/h2,4,7,11,14,16H,1,3,5-6,8-9H2,(H,28,29)/t11-,14-,16+,22?/m0/s1. The highest BCUT2D eigenvalue weighted by Gasteiger charge is 2.72. The summed E-state index contributed by atoms with van der Waals surface area (Å²) in [7, 11) is 0. The number of carbonyl (C=O) groups excluding carboxylic acids is 2. The lowest BCUT2D eigenvalue weighted by Crippen LogP contribution is -2.51. The first-order valence-electron chi connectivity index (χ1n) is 10.1. The third kappa shape index (κ3) is 2.03. The predicted octanol–water partition coefficient (Wildman–Crippen LogP) is 3.30. The van der Waals surface area contributed by atoms with Crippen molar-refractivity contribution in [3.63, 3.8) is 0 Å². The van der Waals surface area contributed by atoms with Crippen molar-refractivity contribution >= 4 is 40.8 Å². The van der Waals surface area contributed by atoms with E-state index in [0.717, 1.165) is 41.8 Å². The van der Waals surface area contributed by atoms with Crippen LogP contribution in [-0.2, 0) is 20.8 Å². The highest BCUT2D eigenvalue weighted by Crippen LogP contribution is 2.74. The average molecular weight is 411 g/mol. The first-order valence-corrected chi connectivity index (χ1v) is 10.5. The topological polar surface area (TPSA) is 87.0 Å². The lowest BCUT2D eigenvalue weighted by atomic mass is 9.46. The summed E-state index contributed by atoms with van der Waals surface area (Å²) in [5, 5.41) is 10.5. The Morgan fingerprint density at radius 1 is 1.28 bits per heavy atom. The molecule has 6 nitrogen and oxygen atoms in total. The second-order valence-electron chi connectivity index (χ2n) is 8.86. The largest absolute Gasteiger partial charge is 0.480 e. The zero-order chi connectivity index (χ0) is 20.1. The van der Waals surface area contributed by atoms with Crippen LogP contribution in [-0.4, -0.2) is 39.5 Å². The van der Waals surface area contributed by atoms with Crippen molar-refractivity contribution < 1.29 is 19.5 Å². The van der Waals surface area contributed by atoms with Crippen LogP contribution in [0.2, 0.25) is 5.02 Å². The van der Waals surface area contributed by atoms with Gasteiger partial charge in [0.1, 0.15) is 6.04 Å². The Kier molecular flexibility index (Phi) is 3.34. The van der Waals surface area contributed by atoms with Crippen molar-refractivity contribution in [3.8, 4) is 0 Å². The minimum absolute atomic E-state index is 0.0424. The van der Waals surface area contributed by atoms with Crippen LogP contribution in [0.25, 0.3) is 0 Å². The minimum Gasteiger partial charge on any atom is -0.480 e. The van der Waals surface area contributed by atoms with Crippen LogP contribution < -0.4 is 0 Å². The maximum atomic E-state index is 13.2. The van der Waals surface area contributed by atoms with Crippen LogP contribution in [0.4, 0.5) is 5.69 Å². The van der Waals surface area contributed by atoms with E-state index in [1.807, 2.05) is 6.07 Å². The van der Waals surface area contributed by atoms with E-state index in [2.05, 4.69) is 4.99 Å². The Balaban J connectivity index is 1.28. The van der Waals surface area contributed by atoms with Crippen molar-refractivity contribution in [1.29, 1.82) is 0 Å². The third-order valence-corrected chi connectivity index (χ3v) is 8.00. The number of halogens is 1. The second-order valence-corrected chi connectivity index (χ2v) is 9.30. The molecule has 1 spiro atoms. The van der Waals surface area contributed by atoms with Gasteiger partial charge in [-0.25, -0.2) is 4.79 Å². The van der Waals surface area contributed by atoms with E-state index in [4.69, 9.17) is 11.6 Å². The van der Waals surface area contributed by atoms with Crippen molar-refractivity contribution in [2.75, 3.05) is 0 Å². The van der Waals surface area contributed by atoms with E-state index in [0.29, 0.717) is 34.2 Å². The number of carbonyl (C=O) groups is 3. The van der Waals surface area contributed by atoms with Gasteiger partial charge in [0.05, 0.1) is 5.69 Å². The number of hydrogen-bond acceptors (Lipinski definition) is 4. The molecule has 0 bridgehead atoms. The summed E-state index contributed by atoms with van der Waals surface area (Å²) in [6.07, 6.45) is 4.59. The zero-order valence-electron chi connectivity index (χ0n) is 15.7. The summed E-state index contributed by atoms with van der Waals surface area (Å²) in [6.45, 7) is 0. The van der Waals surface area contributed by atoms with Crippen LogP contribution in [0, 0.1) is 17.3 Å². The van der Waals surface area contributed by atoms with Gasteiger partial charge in [0.2, 0.25) is 0 Å². The number of rotatable bonds is 4. The summed E-state index contributed by atoms with van der Waals surface area (Å²) >= 11 is 6.04. The molecule has 2 aliphatic heterocycles. The highest BCUT2D eigenvalue weighted by molar-refractivity contribution is 6.30. The lowest BCUT2D eigenvalue weighted by Gasteiger charge is -2.55. The molecule has 5 aliphatic rings. The summed E-state index contributed by atoms with van der Waals surface area (Å²) in [6, 6.07) is 4.14. The molecule has 2 amide bonds. The van der Waals surface area contributed by atoms with Crippen LogP contribution in [0.1, 0.15) is 37.7 Å². The van der Waals surface area contributed by atoms with Gasteiger partial charge in [0.25, 0.3) is 11.8 Å². The summed E-state index contributed by atoms with van der Waals surface area (Å²) < 4.78 is 0. The number of aliphatic carboxylic acids is 1.